The molecule has 0 aliphatic carbocycles. The van der Waals surface area contributed by atoms with Gasteiger partial charge in [0.2, 0.25) is 10.0 Å². The number of carboxylic acids is 1. The van der Waals surface area contributed by atoms with Crippen molar-refractivity contribution in [1.29, 1.82) is 0 Å². The van der Waals surface area contributed by atoms with Crippen LogP contribution < -0.4 is 9.62 Å². The molecule has 6 nitrogen and oxygen atoms in total. The summed E-state index contributed by atoms with van der Waals surface area (Å²) < 4.78 is 25.5. The normalized spacial score (nSPS) is 11.6. The second kappa shape index (κ2) is 6.71. The summed E-state index contributed by atoms with van der Waals surface area (Å²) in [4.78, 5) is 12.8. The Morgan fingerprint density at radius 3 is 2.25 bits per heavy atom. The van der Waals surface area contributed by atoms with E-state index in [2.05, 4.69) is 4.72 Å². The van der Waals surface area contributed by atoms with Gasteiger partial charge in [-0.15, -0.1) is 0 Å². The molecule has 0 aliphatic heterocycles. The summed E-state index contributed by atoms with van der Waals surface area (Å²) in [6.45, 7) is 4.30. The number of anilines is 1. The van der Waals surface area contributed by atoms with Crippen LogP contribution in [0.15, 0.2) is 29.2 Å². The highest BCUT2D eigenvalue weighted by Gasteiger charge is 2.15. The molecule has 7 heteroatoms. The molecule has 0 saturated heterocycles. The molecule has 0 saturated carbocycles. The fraction of sp³-hybridized carbons (Fsp3) is 0.462. The van der Waals surface area contributed by atoms with Crippen LogP contribution >= 0.6 is 0 Å². The van der Waals surface area contributed by atoms with Gasteiger partial charge in [-0.3, -0.25) is 4.79 Å². The summed E-state index contributed by atoms with van der Waals surface area (Å²) >= 11 is 0. The molecule has 0 aliphatic rings. The Kier molecular flexibility index (Phi) is 5.52. The molecule has 0 fully saturated rings. The Morgan fingerprint density at radius 1 is 1.30 bits per heavy atom. The molecule has 0 atom stereocenters. The number of rotatable bonds is 7. The van der Waals surface area contributed by atoms with Crippen LogP contribution in [0.5, 0.6) is 0 Å². The third kappa shape index (κ3) is 4.21. The molecule has 1 rings (SSSR count). The third-order valence-electron chi connectivity index (χ3n) is 2.94. The van der Waals surface area contributed by atoms with Crippen LogP contribution in [0.1, 0.15) is 20.3 Å². The second-order valence-corrected chi connectivity index (χ2v) is 6.52. The highest BCUT2D eigenvalue weighted by Crippen LogP contribution is 2.20. The maximum atomic E-state index is 11.6. The lowest BCUT2D eigenvalue weighted by molar-refractivity contribution is -0.136. The van der Waals surface area contributed by atoms with Crippen LogP contribution in [0.25, 0.3) is 0 Å². The number of carbonyl (C=O) groups is 1. The zero-order chi connectivity index (χ0) is 15.3. The van der Waals surface area contributed by atoms with Gasteiger partial charge in [0.25, 0.3) is 0 Å². The number of sulfonamides is 1. The fourth-order valence-corrected chi connectivity index (χ4v) is 2.57. The van der Waals surface area contributed by atoms with Gasteiger partial charge in [-0.2, -0.15) is 0 Å². The van der Waals surface area contributed by atoms with E-state index < -0.39 is 16.0 Å². The minimum atomic E-state index is -3.45. The van der Waals surface area contributed by atoms with Crippen molar-refractivity contribution in [3.05, 3.63) is 24.3 Å². The lowest BCUT2D eigenvalue weighted by Crippen LogP contribution is -2.32. The molecule has 2 N–H and O–H groups in total. The molecule has 1 aromatic rings. The van der Waals surface area contributed by atoms with Crippen molar-refractivity contribution in [2.24, 2.45) is 0 Å². The highest BCUT2D eigenvalue weighted by atomic mass is 32.2. The molecule has 0 spiro atoms. The number of nitrogens with zero attached hydrogens (tertiary/aromatic N) is 1. The van der Waals surface area contributed by atoms with Crippen molar-refractivity contribution in [3.63, 3.8) is 0 Å². The van der Waals surface area contributed by atoms with Gasteiger partial charge in [0.15, 0.2) is 0 Å². The predicted octanol–water partition coefficient (Wildman–Crippen LogP) is 1.28. The van der Waals surface area contributed by atoms with Crippen LogP contribution in [-0.2, 0) is 14.8 Å². The highest BCUT2D eigenvalue weighted by molar-refractivity contribution is 7.89. The van der Waals surface area contributed by atoms with Gasteiger partial charge in [-0.25, -0.2) is 13.1 Å². The first-order chi connectivity index (χ1) is 9.27. The van der Waals surface area contributed by atoms with Crippen molar-refractivity contribution >= 4 is 21.7 Å². The van der Waals surface area contributed by atoms with Gasteiger partial charge in [0.05, 0.1) is 11.3 Å². The molecule has 0 heterocycles. The van der Waals surface area contributed by atoms with Gasteiger partial charge < -0.3 is 10.0 Å². The topological polar surface area (TPSA) is 86.7 Å². The zero-order valence-electron chi connectivity index (χ0n) is 11.8. The van der Waals surface area contributed by atoms with E-state index in [4.69, 9.17) is 5.11 Å². The first-order valence-corrected chi connectivity index (χ1v) is 7.78. The van der Waals surface area contributed by atoms with E-state index in [9.17, 15) is 13.2 Å². The Morgan fingerprint density at radius 2 is 1.85 bits per heavy atom. The van der Waals surface area contributed by atoms with E-state index in [0.29, 0.717) is 6.54 Å². The summed E-state index contributed by atoms with van der Waals surface area (Å²) in [6.07, 6.45) is 0.0365. The van der Waals surface area contributed by atoms with E-state index in [1.54, 1.807) is 12.1 Å². The van der Waals surface area contributed by atoms with Crippen molar-refractivity contribution in [2.75, 3.05) is 18.5 Å². The van der Waals surface area contributed by atoms with Crippen LogP contribution in [0.3, 0.4) is 0 Å². The van der Waals surface area contributed by atoms with E-state index in [-0.39, 0.29) is 17.4 Å². The number of aliphatic carboxylic acids is 1. The Labute approximate surface area is 119 Å². The van der Waals surface area contributed by atoms with Crippen LogP contribution in [0.4, 0.5) is 5.69 Å². The first kappa shape index (κ1) is 16.5. The van der Waals surface area contributed by atoms with Gasteiger partial charge in [0, 0.05) is 18.3 Å². The Bertz CT molecular complexity index is 552. The minimum Gasteiger partial charge on any atom is -0.481 e. The first-order valence-electron chi connectivity index (χ1n) is 6.30. The lowest BCUT2D eigenvalue weighted by atomic mass is 10.2. The lowest BCUT2D eigenvalue weighted by Gasteiger charge is -2.28. The molecule has 0 unspecified atom stereocenters. The predicted molar refractivity (Wildman–Crippen MR) is 77.4 cm³/mol. The molecule has 0 aromatic heterocycles. The summed E-state index contributed by atoms with van der Waals surface area (Å²) in [5.74, 6) is -0.856. The second-order valence-electron chi connectivity index (χ2n) is 4.63. The Balaban J connectivity index is 2.97. The summed E-state index contributed by atoms with van der Waals surface area (Å²) in [5, 5.41) is 8.76. The number of nitrogens with one attached hydrogen (secondary N) is 1. The van der Waals surface area contributed by atoms with Gasteiger partial charge in [-0.1, -0.05) is 0 Å². The van der Waals surface area contributed by atoms with Crippen molar-refractivity contribution in [2.45, 2.75) is 31.2 Å². The quantitative estimate of drug-likeness (QED) is 0.792. The van der Waals surface area contributed by atoms with E-state index in [0.717, 1.165) is 5.69 Å². The molecule has 20 heavy (non-hydrogen) atoms. The van der Waals surface area contributed by atoms with Gasteiger partial charge in [0.1, 0.15) is 0 Å². The maximum Gasteiger partial charge on any atom is 0.305 e. The largest absolute Gasteiger partial charge is 0.481 e. The zero-order valence-corrected chi connectivity index (χ0v) is 12.6. The number of carboxylic acid groups (broad SMARTS) is 1. The van der Waals surface area contributed by atoms with E-state index in [1.165, 1.54) is 19.2 Å². The summed E-state index contributed by atoms with van der Waals surface area (Å²) in [5.41, 5.74) is 0.802. The number of hydrogen-bond donors (Lipinski definition) is 2. The number of benzene rings is 1. The SMILES string of the molecule is CNS(=O)(=O)c1ccc(N(CCC(=O)O)C(C)C)cc1. The average molecular weight is 300 g/mol. The molecule has 112 valence electrons. The molecule has 0 bridgehead atoms. The van der Waals surface area contributed by atoms with Crippen LogP contribution in [0.2, 0.25) is 0 Å². The molecule has 0 radical (unpaired) electrons. The minimum absolute atomic E-state index is 0.0365. The third-order valence-corrected chi connectivity index (χ3v) is 4.37. The van der Waals surface area contributed by atoms with Gasteiger partial charge in [-0.05, 0) is 45.2 Å². The average Bonchev–Trinajstić information content (AvgIpc) is 2.38. The fourth-order valence-electron chi connectivity index (χ4n) is 1.84. The molecule has 0 amide bonds. The maximum absolute atomic E-state index is 11.6. The van der Waals surface area contributed by atoms with Crippen molar-refractivity contribution in [3.8, 4) is 0 Å². The Hall–Kier alpha value is -1.60. The van der Waals surface area contributed by atoms with E-state index >= 15 is 0 Å². The van der Waals surface area contributed by atoms with Gasteiger partial charge >= 0.3 is 5.97 Å². The van der Waals surface area contributed by atoms with Crippen LogP contribution in [0, 0.1) is 0 Å². The smallest absolute Gasteiger partial charge is 0.305 e. The monoisotopic (exact) mass is 300 g/mol. The molecular formula is C13H20N2O4S. The standard InChI is InChI=1S/C13H20N2O4S/c1-10(2)15(9-8-13(16)17)11-4-6-12(7-5-11)20(18,19)14-3/h4-7,10,14H,8-9H2,1-3H3,(H,16,17). The number of hydrogen-bond acceptors (Lipinski definition) is 4. The van der Waals surface area contributed by atoms with Crippen molar-refractivity contribution < 1.29 is 18.3 Å². The van der Waals surface area contributed by atoms with Crippen molar-refractivity contribution in [1.82, 2.24) is 4.72 Å². The molecule has 1 aromatic carbocycles. The van der Waals surface area contributed by atoms with Crippen LogP contribution in [-0.4, -0.2) is 39.1 Å². The summed E-state index contributed by atoms with van der Waals surface area (Å²) in [6, 6.07) is 6.52. The van der Waals surface area contributed by atoms with E-state index in [1.807, 2.05) is 18.7 Å². The summed E-state index contributed by atoms with van der Waals surface area (Å²) in [7, 11) is -2.09. The molecular weight excluding hydrogens is 280 g/mol.